The largest absolute Gasteiger partial charge is 0.326 e. The van der Waals surface area contributed by atoms with Crippen molar-refractivity contribution in [2.24, 2.45) is 0 Å². The van der Waals surface area contributed by atoms with Crippen molar-refractivity contribution >= 4 is 23.9 Å². The van der Waals surface area contributed by atoms with Crippen molar-refractivity contribution in [3.05, 3.63) is 83.2 Å². The summed E-state index contributed by atoms with van der Waals surface area (Å²) < 4.78 is 1.85. The van der Waals surface area contributed by atoms with Crippen LogP contribution in [0.4, 0.5) is 11.5 Å². The second-order valence-electron chi connectivity index (χ2n) is 5.45. The minimum absolute atomic E-state index is 0. The fourth-order valence-corrected chi connectivity index (χ4v) is 3.01. The molecule has 0 fully saturated rings. The van der Waals surface area contributed by atoms with E-state index >= 15 is 0 Å². The minimum Gasteiger partial charge on any atom is -0.326 e. The van der Waals surface area contributed by atoms with Crippen molar-refractivity contribution in [3.8, 4) is 11.1 Å². The lowest BCUT2D eigenvalue weighted by Gasteiger charge is -2.19. The maximum atomic E-state index is 12.4. The first kappa shape index (κ1) is 15.4. The van der Waals surface area contributed by atoms with E-state index in [9.17, 15) is 4.79 Å². The van der Waals surface area contributed by atoms with Gasteiger partial charge in [-0.3, -0.25) is 9.36 Å². The number of hydrogen-bond donors (Lipinski definition) is 0. The zero-order valence-corrected chi connectivity index (χ0v) is 13.4. The lowest BCUT2D eigenvalue weighted by Crippen LogP contribution is -2.17. The van der Waals surface area contributed by atoms with Crippen LogP contribution in [0.5, 0.6) is 0 Å². The Morgan fingerprint density at radius 1 is 0.739 bits per heavy atom. The number of anilines is 2. The molecule has 0 aliphatic carbocycles. The summed E-state index contributed by atoms with van der Waals surface area (Å²) in [5.74, 6) is 0.970. The quantitative estimate of drug-likeness (QED) is 0.709. The second kappa shape index (κ2) is 6.31. The molecule has 0 amide bonds. The molecule has 0 atom stereocenters. The predicted octanol–water partition coefficient (Wildman–Crippen LogP) is 4.09. The third-order valence-electron chi connectivity index (χ3n) is 4.10. The van der Waals surface area contributed by atoms with E-state index in [1.165, 1.54) is 0 Å². The van der Waals surface area contributed by atoms with E-state index in [2.05, 4.69) is 23.1 Å². The molecular weight excluding hydrogens is 308 g/mol. The molecule has 1 aliphatic rings. The third-order valence-corrected chi connectivity index (χ3v) is 4.10. The smallest absolute Gasteiger partial charge is 0.252 e. The molecule has 0 bridgehead atoms. The van der Waals surface area contributed by atoms with E-state index in [0.717, 1.165) is 35.7 Å². The van der Waals surface area contributed by atoms with E-state index < -0.39 is 0 Å². The molecular formula is C19H17ClN2O. The van der Waals surface area contributed by atoms with Gasteiger partial charge in [-0.05, 0) is 29.3 Å². The fourth-order valence-electron chi connectivity index (χ4n) is 3.01. The Balaban J connectivity index is 0.00000156. The second-order valence-corrected chi connectivity index (χ2v) is 5.45. The average Bonchev–Trinajstić information content (AvgIpc) is 3.01. The van der Waals surface area contributed by atoms with Crippen molar-refractivity contribution in [2.75, 3.05) is 11.4 Å². The summed E-state index contributed by atoms with van der Waals surface area (Å²) in [6, 6.07) is 24.1. The number of halogens is 1. The van der Waals surface area contributed by atoms with Crippen LogP contribution in [0.15, 0.2) is 77.6 Å². The summed E-state index contributed by atoms with van der Waals surface area (Å²) in [5, 5.41) is 0. The van der Waals surface area contributed by atoms with Crippen molar-refractivity contribution in [1.29, 1.82) is 0 Å². The topological polar surface area (TPSA) is 25.2 Å². The molecule has 0 saturated heterocycles. The SMILES string of the molecule is Cl.O=c1cc(-c2ccccc2)cc2n1CCN2c1ccccc1. The van der Waals surface area contributed by atoms with Crippen LogP contribution in [0.3, 0.4) is 0 Å². The number of aromatic nitrogens is 1. The van der Waals surface area contributed by atoms with Gasteiger partial charge in [0.05, 0.1) is 0 Å². The van der Waals surface area contributed by atoms with Gasteiger partial charge in [0.25, 0.3) is 5.56 Å². The van der Waals surface area contributed by atoms with E-state index in [0.29, 0.717) is 0 Å². The number of para-hydroxylation sites is 1. The van der Waals surface area contributed by atoms with Crippen LogP contribution in [-0.4, -0.2) is 11.1 Å². The standard InChI is InChI=1S/C19H16N2O.ClH/c22-19-14-16(15-7-3-1-4-8-15)13-18-20(11-12-21(18)19)17-9-5-2-6-10-17;/h1-10,13-14H,11-12H2;1H. The van der Waals surface area contributed by atoms with Crippen molar-refractivity contribution in [2.45, 2.75) is 6.54 Å². The zero-order chi connectivity index (χ0) is 14.9. The van der Waals surface area contributed by atoms with Crippen LogP contribution < -0.4 is 10.5 Å². The summed E-state index contributed by atoms with van der Waals surface area (Å²) in [5.41, 5.74) is 3.23. The highest BCUT2D eigenvalue weighted by Gasteiger charge is 2.22. The lowest BCUT2D eigenvalue weighted by atomic mass is 10.1. The van der Waals surface area contributed by atoms with Gasteiger partial charge in [0.1, 0.15) is 5.82 Å². The molecule has 116 valence electrons. The van der Waals surface area contributed by atoms with E-state index in [4.69, 9.17) is 0 Å². The number of rotatable bonds is 2. The Bertz CT molecular complexity index is 860. The van der Waals surface area contributed by atoms with Gasteiger partial charge in [0.15, 0.2) is 0 Å². The van der Waals surface area contributed by atoms with Crippen LogP contribution in [0, 0.1) is 0 Å². The monoisotopic (exact) mass is 324 g/mol. The first-order valence-corrected chi connectivity index (χ1v) is 7.46. The molecule has 1 aromatic heterocycles. The van der Waals surface area contributed by atoms with Gasteiger partial charge in [-0.15, -0.1) is 12.4 Å². The Kier molecular flexibility index (Phi) is 4.22. The van der Waals surface area contributed by atoms with Crippen LogP contribution >= 0.6 is 12.4 Å². The average molecular weight is 325 g/mol. The van der Waals surface area contributed by atoms with E-state index in [-0.39, 0.29) is 18.0 Å². The Morgan fingerprint density at radius 2 is 1.39 bits per heavy atom. The highest BCUT2D eigenvalue weighted by Crippen LogP contribution is 2.31. The van der Waals surface area contributed by atoms with Crippen molar-refractivity contribution in [3.63, 3.8) is 0 Å². The number of nitrogens with zero attached hydrogens (tertiary/aromatic N) is 2. The van der Waals surface area contributed by atoms with Crippen LogP contribution in [0.1, 0.15) is 0 Å². The molecule has 0 radical (unpaired) electrons. The molecule has 0 spiro atoms. The summed E-state index contributed by atoms with van der Waals surface area (Å²) in [4.78, 5) is 14.6. The number of pyridine rings is 1. The molecule has 0 unspecified atom stereocenters. The number of benzene rings is 2. The zero-order valence-electron chi connectivity index (χ0n) is 12.6. The summed E-state index contributed by atoms with van der Waals surface area (Å²) >= 11 is 0. The molecule has 3 aromatic rings. The Labute approximate surface area is 141 Å². The molecule has 2 aromatic carbocycles. The highest BCUT2D eigenvalue weighted by molar-refractivity contribution is 5.85. The molecule has 0 N–H and O–H groups in total. The van der Waals surface area contributed by atoms with Gasteiger partial charge < -0.3 is 4.90 Å². The predicted molar refractivity (Wildman–Crippen MR) is 96.8 cm³/mol. The number of fused-ring (bicyclic) bond motifs is 1. The first-order chi connectivity index (χ1) is 10.8. The van der Waals surface area contributed by atoms with Gasteiger partial charge in [-0.2, -0.15) is 0 Å². The third kappa shape index (κ3) is 2.76. The van der Waals surface area contributed by atoms with E-state index in [1.807, 2.05) is 53.1 Å². The van der Waals surface area contributed by atoms with Gasteiger partial charge in [0, 0.05) is 24.8 Å². The van der Waals surface area contributed by atoms with Gasteiger partial charge in [0.2, 0.25) is 0 Å². The molecule has 23 heavy (non-hydrogen) atoms. The maximum absolute atomic E-state index is 12.4. The Morgan fingerprint density at radius 3 is 2.09 bits per heavy atom. The first-order valence-electron chi connectivity index (χ1n) is 7.46. The van der Waals surface area contributed by atoms with Crippen LogP contribution in [0.25, 0.3) is 11.1 Å². The van der Waals surface area contributed by atoms with Crippen LogP contribution in [0.2, 0.25) is 0 Å². The van der Waals surface area contributed by atoms with Crippen molar-refractivity contribution in [1.82, 2.24) is 4.57 Å². The van der Waals surface area contributed by atoms with E-state index in [1.54, 1.807) is 6.07 Å². The van der Waals surface area contributed by atoms with Gasteiger partial charge in [-0.25, -0.2) is 0 Å². The molecule has 1 aliphatic heterocycles. The molecule has 4 rings (SSSR count). The lowest BCUT2D eigenvalue weighted by molar-refractivity contribution is 0.767. The maximum Gasteiger partial charge on any atom is 0.252 e. The van der Waals surface area contributed by atoms with Crippen molar-refractivity contribution < 1.29 is 0 Å². The molecule has 3 nitrogen and oxygen atoms in total. The summed E-state index contributed by atoms with van der Waals surface area (Å²) in [6.45, 7) is 1.57. The van der Waals surface area contributed by atoms with Gasteiger partial charge >= 0.3 is 0 Å². The summed E-state index contributed by atoms with van der Waals surface area (Å²) in [7, 11) is 0. The highest BCUT2D eigenvalue weighted by atomic mass is 35.5. The molecule has 4 heteroatoms. The van der Waals surface area contributed by atoms with Crippen LogP contribution in [-0.2, 0) is 6.54 Å². The normalized spacial score (nSPS) is 12.6. The summed E-state index contributed by atoms with van der Waals surface area (Å²) in [6.07, 6.45) is 0. The Hall–Kier alpha value is -2.52. The fraction of sp³-hybridized carbons (Fsp3) is 0.105. The number of hydrogen-bond acceptors (Lipinski definition) is 2. The van der Waals surface area contributed by atoms with Gasteiger partial charge in [-0.1, -0.05) is 48.5 Å². The minimum atomic E-state index is 0. The molecule has 2 heterocycles. The molecule has 0 saturated carbocycles.